The smallest absolute Gasteiger partial charge is 0.228 e. The molecule has 0 saturated carbocycles. The minimum absolute atomic E-state index is 0.0301. The van der Waals surface area contributed by atoms with Crippen molar-refractivity contribution in [2.45, 2.75) is 12.8 Å². The standard InChI is InChI=1S/C20H13Cl2N3O2/c1-10(26)25-15-8-3-2-5-11(15)19-18(25)16(12(9-23)20(24)27-19)17-13(21)6-4-7-14(17)22/h2-8,16H,24H2,1H3/t16-/m0/s1. The van der Waals surface area contributed by atoms with Gasteiger partial charge in [0.15, 0.2) is 5.75 Å². The maximum absolute atomic E-state index is 12.5. The maximum atomic E-state index is 12.5. The van der Waals surface area contributed by atoms with E-state index in [1.807, 2.05) is 24.3 Å². The molecule has 0 fully saturated rings. The Morgan fingerprint density at radius 1 is 1.19 bits per heavy atom. The van der Waals surface area contributed by atoms with Gasteiger partial charge in [0.25, 0.3) is 0 Å². The highest BCUT2D eigenvalue weighted by molar-refractivity contribution is 6.36. The highest BCUT2D eigenvalue weighted by Crippen LogP contribution is 2.50. The molecular weight excluding hydrogens is 385 g/mol. The van der Waals surface area contributed by atoms with Crippen LogP contribution in [0.15, 0.2) is 53.9 Å². The first-order chi connectivity index (χ1) is 13.0. The fourth-order valence-electron chi connectivity index (χ4n) is 3.57. The van der Waals surface area contributed by atoms with Gasteiger partial charge in [0, 0.05) is 27.9 Å². The van der Waals surface area contributed by atoms with Gasteiger partial charge in [0.05, 0.1) is 17.1 Å². The third-order valence-corrected chi connectivity index (χ3v) is 5.29. The molecule has 0 spiro atoms. The lowest BCUT2D eigenvalue weighted by atomic mass is 9.86. The number of carbonyl (C=O) groups is 1. The van der Waals surface area contributed by atoms with E-state index < -0.39 is 5.92 Å². The summed E-state index contributed by atoms with van der Waals surface area (Å²) in [4.78, 5) is 12.5. The van der Waals surface area contributed by atoms with Gasteiger partial charge in [0.1, 0.15) is 11.6 Å². The van der Waals surface area contributed by atoms with E-state index in [1.54, 1.807) is 18.2 Å². The van der Waals surface area contributed by atoms with Crippen LogP contribution in [0.2, 0.25) is 10.0 Å². The molecule has 0 amide bonds. The largest absolute Gasteiger partial charge is 0.438 e. The predicted molar refractivity (Wildman–Crippen MR) is 104 cm³/mol. The van der Waals surface area contributed by atoms with Gasteiger partial charge >= 0.3 is 0 Å². The van der Waals surface area contributed by atoms with Crippen molar-refractivity contribution in [2.24, 2.45) is 5.73 Å². The molecule has 2 heterocycles. The number of para-hydroxylation sites is 1. The molecule has 3 aromatic rings. The highest BCUT2D eigenvalue weighted by atomic mass is 35.5. The van der Waals surface area contributed by atoms with E-state index in [1.165, 1.54) is 11.5 Å². The van der Waals surface area contributed by atoms with E-state index in [-0.39, 0.29) is 17.4 Å². The predicted octanol–water partition coefficient (Wildman–Crippen LogP) is 4.83. The third kappa shape index (κ3) is 2.49. The van der Waals surface area contributed by atoms with Crippen LogP contribution in [0.4, 0.5) is 0 Å². The molecule has 2 aromatic carbocycles. The number of hydrogen-bond acceptors (Lipinski definition) is 4. The van der Waals surface area contributed by atoms with E-state index >= 15 is 0 Å². The van der Waals surface area contributed by atoms with Gasteiger partial charge < -0.3 is 10.5 Å². The first-order valence-corrected chi connectivity index (χ1v) is 8.87. The maximum Gasteiger partial charge on any atom is 0.228 e. The molecule has 1 atom stereocenters. The average Bonchev–Trinajstić information content (AvgIpc) is 2.96. The lowest BCUT2D eigenvalue weighted by Crippen LogP contribution is -2.24. The van der Waals surface area contributed by atoms with Gasteiger partial charge in [-0.2, -0.15) is 5.26 Å². The van der Waals surface area contributed by atoms with E-state index in [0.717, 1.165) is 5.39 Å². The van der Waals surface area contributed by atoms with E-state index in [0.29, 0.717) is 32.6 Å². The molecule has 134 valence electrons. The van der Waals surface area contributed by atoms with Gasteiger partial charge in [-0.1, -0.05) is 41.4 Å². The summed E-state index contributed by atoms with van der Waals surface area (Å²) in [5, 5.41) is 11.2. The molecule has 7 heteroatoms. The lowest BCUT2D eigenvalue weighted by molar-refractivity contribution is 0.0937. The quantitative estimate of drug-likeness (QED) is 0.637. The Labute approximate surface area is 165 Å². The van der Waals surface area contributed by atoms with Crippen LogP contribution in [0, 0.1) is 11.3 Å². The fourth-order valence-corrected chi connectivity index (χ4v) is 4.18. The van der Waals surface area contributed by atoms with Gasteiger partial charge in [-0.15, -0.1) is 0 Å². The number of ether oxygens (including phenoxy) is 1. The average molecular weight is 398 g/mol. The Balaban J connectivity index is 2.18. The van der Waals surface area contributed by atoms with Crippen molar-refractivity contribution in [1.82, 2.24) is 4.57 Å². The Morgan fingerprint density at radius 2 is 1.85 bits per heavy atom. The van der Waals surface area contributed by atoms with Gasteiger partial charge in [-0.05, 0) is 24.3 Å². The van der Waals surface area contributed by atoms with E-state index in [2.05, 4.69) is 6.07 Å². The summed E-state index contributed by atoms with van der Waals surface area (Å²) >= 11 is 12.9. The summed E-state index contributed by atoms with van der Waals surface area (Å²) in [5.41, 5.74) is 7.88. The topological polar surface area (TPSA) is 81.0 Å². The van der Waals surface area contributed by atoms with Crippen molar-refractivity contribution < 1.29 is 9.53 Å². The second kappa shape index (κ2) is 6.34. The number of halogens is 2. The number of nitrogens with two attached hydrogens (primary N) is 1. The van der Waals surface area contributed by atoms with E-state index in [4.69, 9.17) is 33.7 Å². The zero-order valence-corrected chi connectivity index (χ0v) is 15.7. The first kappa shape index (κ1) is 17.5. The minimum Gasteiger partial charge on any atom is -0.438 e. The Kier molecular flexibility index (Phi) is 4.11. The molecule has 0 radical (unpaired) electrons. The van der Waals surface area contributed by atoms with Crippen molar-refractivity contribution in [3.63, 3.8) is 0 Å². The number of rotatable bonds is 1. The Morgan fingerprint density at radius 3 is 2.48 bits per heavy atom. The molecule has 0 unspecified atom stereocenters. The molecule has 0 bridgehead atoms. The summed E-state index contributed by atoms with van der Waals surface area (Å²) in [6, 6.07) is 14.5. The highest BCUT2D eigenvalue weighted by Gasteiger charge is 2.38. The van der Waals surface area contributed by atoms with Crippen molar-refractivity contribution in [3.05, 3.63) is 75.2 Å². The molecule has 1 aliphatic heterocycles. The van der Waals surface area contributed by atoms with Crippen molar-refractivity contribution in [1.29, 1.82) is 5.26 Å². The molecule has 4 rings (SSSR count). The SMILES string of the molecule is CC(=O)n1c2c(c3ccccc31)OC(N)=C(C#N)[C@H]2c1c(Cl)cccc1Cl. The van der Waals surface area contributed by atoms with Crippen molar-refractivity contribution in [3.8, 4) is 11.8 Å². The van der Waals surface area contributed by atoms with E-state index in [9.17, 15) is 10.1 Å². The van der Waals surface area contributed by atoms with Crippen LogP contribution < -0.4 is 10.5 Å². The molecule has 1 aliphatic rings. The zero-order valence-electron chi connectivity index (χ0n) is 14.2. The van der Waals surface area contributed by atoms with Gasteiger partial charge in [0.2, 0.25) is 11.8 Å². The summed E-state index contributed by atoms with van der Waals surface area (Å²) in [5.74, 6) is -0.547. The second-order valence-electron chi connectivity index (χ2n) is 6.15. The molecule has 5 nitrogen and oxygen atoms in total. The first-order valence-electron chi connectivity index (χ1n) is 8.11. The molecule has 0 aliphatic carbocycles. The number of benzene rings is 2. The second-order valence-corrected chi connectivity index (χ2v) is 6.96. The normalized spacial score (nSPS) is 16.0. The number of fused-ring (bicyclic) bond motifs is 3. The van der Waals surface area contributed by atoms with Crippen LogP contribution in [-0.2, 0) is 0 Å². The summed E-state index contributed by atoms with van der Waals surface area (Å²) < 4.78 is 7.31. The molecular formula is C20H13Cl2N3O2. The Hall–Kier alpha value is -2.94. The lowest BCUT2D eigenvalue weighted by Gasteiger charge is -2.27. The fraction of sp³-hybridized carbons (Fsp3) is 0.100. The van der Waals surface area contributed by atoms with Crippen molar-refractivity contribution in [2.75, 3.05) is 0 Å². The van der Waals surface area contributed by atoms with Crippen LogP contribution in [0.5, 0.6) is 5.75 Å². The number of nitriles is 1. The number of nitrogens with zero attached hydrogens (tertiary/aromatic N) is 2. The van der Waals surface area contributed by atoms with Crippen LogP contribution in [0.25, 0.3) is 10.9 Å². The van der Waals surface area contributed by atoms with Crippen LogP contribution >= 0.6 is 23.2 Å². The third-order valence-electron chi connectivity index (χ3n) is 4.63. The number of allylic oxidation sites excluding steroid dienone is 1. The monoisotopic (exact) mass is 397 g/mol. The molecule has 2 N–H and O–H groups in total. The van der Waals surface area contributed by atoms with Crippen LogP contribution in [-0.4, -0.2) is 10.5 Å². The molecule has 27 heavy (non-hydrogen) atoms. The zero-order chi connectivity index (χ0) is 19.3. The summed E-state index contributed by atoms with van der Waals surface area (Å²) in [6.07, 6.45) is 0. The molecule has 1 aromatic heterocycles. The van der Waals surface area contributed by atoms with Gasteiger partial charge in [-0.3, -0.25) is 9.36 Å². The minimum atomic E-state index is -0.726. The summed E-state index contributed by atoms with van der Waals surface area (Å²) in [6.45, 7) is 1.45. The number of carbonyl (C=O) groups excluding carboxylic acids is 1. The van der Waals surface area contributed by atoms with Crippen LogP contribution in [0.1, 0.15) is 28.9 Å². The Bertz CT molecular complexity index is 1170. The van der Waals surface area contributed by atoms with Crippen LogP contribution in [0.3, 0.4) is 0 Å². The summed E-state index contributed by atoms with van der Waals surface area (Å²) in [7, 11) is 0. The van der Waals surface area contributed by atoms with Crippen molar-refractivity contribution >= 4 is 40.0 Å². The number of aromatic nitrogens is 1. The molecule has 0 saturated heterocycles. The number of hydrogen-bond donors (Lipinski definition) is 1. The van der Waals surface area contributed by atoms with Gasteiger partial charge in [-0.25, -0.2) is 0 Å².